The molecule has 12 heavy (non-hydrogen) atoms. The highest BCUT2D eigenvalue weighted by molar-refractivity contribution is 5.82. The average Bonchev–Trinajstić information content (AvgIpc) is 2.30. The quantitative estimate of drug-likeness (QED) is 0.550. The first-order valence-corrected chi connectivity index (χ1v) is 3.48. The zero-order valence-corrected chi connectivity index (χ0v) is 6.28. The summed E-state index contributed by atoms with van der Waals surface area (Å²) < 4.78 is 0. The molecule has 0 amide bonds. The van der Waals surface area contributed by atoms with E-state index >= 15 is 0 Å². The molecule has 3 N–H and O–H groups in total. The van der Waals surface area contributed by atoms with Crippen molar-refractivity contribution in [3.63, 3.8) is 0 Å². The van der Waals surface area contributed by atoms with Crippen LogP contribution in [0, 0.1) is 0 Å². The molecule has 1 aliphatic rings. The molecule has 1 aliphatic heterocycles. The Balaban J connectivity index is 2.62. The maximum Gasteiger partial charge on any atom is 0.135 e. The molecule has 0 spiro atoms. The van der Waals surface area contributed by atoms with E-state index in [1.165, 1.54) is 6.33 Å². The van der Waals surface area contributed by atoms with Crippen molar-refractivity contribution in [3.05, 3.63) is 17.6 Å². The fourth-order valence-corrected chi connectivity index (χ4v) is 1.00. The number of hydrogen-bond donors (Lipinski definition) is 2. The lowest BCUT2D eigenvalue weighted by atomic mass is 10.2. The molecule has 0 aromatic carbocycles. The van der Waals surface area contributed by atoms with Crippen molar-refractivity contribution in [1.29, 1.82) is 0 Å². The minimum absolute atomic E-state index is 0.464. The predicted molar refractivity (Wildman–Crippen MR) is 45.2 cm³/mol. The topological polar surface area (TPSA) is 76.2 Å². The van der Waals surface area contributed by atoms with Gasteiger partial charge in [0.1, 0.15) is 12.1 Å². The fraction of sp³-hybridized carbons (Fsp3) is 0.143. The van der Waals surface area contributed by atoms with Gasteiger partial charge < -0.3 is 5.73 Å². The van der Waals surface area contributed by atoms with Crippen LogP contribution in [0.5, 0.6) is 0 Å². The number of hydrazone groups is 1. The summed E-state index contributed by atoms with van der Waals surface area (Å²) >= 11 is 0. The summed E-state index contributed by atoms with van der Waals surface area (Å²) in [6.45, 7) is 0.561. The molecular weight excluding hydrogens is 154 g/mol. The monoisotopic (exact) mass is 161 g/mol. The number of aromatic nitrogens is 2. The van der Waals surface area contributed by atoms with Crippen LogP contribution in [0.1, 0.15) is 11.3 Å². The van der Waals surface area contributed by atoms with Crippen molar-refractivity contribution in [3.8, 4) is 0 Å². The highest BCUT2D eigenvalue weighted by Gasteiger charge is 2.06. The minimum atomic E-state index is 0.464. The van der Waals surface area contributed by atoms with Gasteiger partial charge in [0.15, 0.2) is 0 Å². The summed E-state index contributed by atoms with van der Waals surface area (Å²) in [5.41, 5.74) is 10.0. The number of rotatable bonds is 0. The number of nitrogens with one attached hydrogen (secondary N) is 1. The lowest BCUT2D eigenvalue weighted by Crippen LogP contribution is -2.08. The van der Waals surface area contributed by atoms with Crippen LogP contribution < -0.4 is 11.2 Å². The van der Waals surface area contributed by atoms with Crippen molar-refractivity contribution >= 4 is 17.8 Å². The molecule has 5 nitrogen and oxygen atoms in total. The lowest BCUT2D eigenvalue weighted by molar-refractivity contribution is 0.730. The van der Waals surface area contributed by atoms with Crippen molar-refractivity contribution in [2.24, 2.45) is 5.10 Å². The van der Waals surface area contributed by atoms with E-state index in [1.807, 2.05) is 0 Å². The van der Waals surface area contributed by atoms with E-state index in [0.29, 0.717) is 12.4 Å². The molecule has 1 aromatic rings. The van der Waals surface area contributed by atoms with Gasteiger partial charge >= 0.3 is 0 Å². The molecule has 0 atom stereocenters. The second-order valence-electron chi connectivity index (χ2n) is 2.34. The van der Waals surface area contributed by atoms with Crippen LogP contribution in [0.25, 0.3) is 6.08 Å². The molecule has 0 fully saturated rings. The Kier molecular flexibility index (Phi) is 1.50. The van der Waals surface area contributed by atoms with Gasteiger partial charge in [-0.15, -0.1) is 5.10 Å². The SMILES string of the molecule is Nc1ncnc2c1C=C=NNC2. The Morgan fingerprint density at radius 2 is 2.42 bits per heavy atom. The van der Waals surface area contributed by atoms with Crippen molar-refractivity contribution < 1.29 is 0 Å². The maximum absolute atomic E-state index is 5.62. The molecule has 0 aliphatic carbocycles. The van der Waals surface area contributed by atoms with Gasteiger partial charge in [-0.1, -0.05) is 0 Å². The lowest BCUT2D eigenvalue weighted by Gasteiger charge is -2.02. The Labute approximate surface area is 69.0 Å². The van der Waals surface area contributed by atoms with E-state index in [0.717, 1.165) is 11.3 Å². The standard InChI is InChI=1S/C7H7N5/c8-7-5-1-2-11-12-3-6(5)9-4-10-7/h1,4,12H,3H2,(H2,8,9,10). The molecule has 0 saturated heterocycles. The van der Waals surface area contributed by atoms with Crippen LogP contribution in [0.3, 0.4) is 0 Å². The minimum Gasteiger partial charge on any atom is -0.383 e. The highest BCUT2D eigenvalue weighted by Crippen LogP contribution is 2.13. The Bertz CT molecular complexity index is 364. The summed E-state index contributed by atoms with van der Waals surface area (Å²) in [6.07, 6.45) is 3.11. The molecule has 0 radical (unpaired) electrons. The van der Waals surface area contributed by atoms with E-state index in [4.69, 9.17) is 5.73 Å². The zero-order valence-electron chi connectivity index (χ0n) is 6.28. The molecule has 0 saturated carbocycles. The number of nitrogens with two attached hydrogens (primary N) is 1. The third-order valence-electron chi connectivity index (χ3n) is 1.60. The molecule has 0 bridgehead atoms. The molecule has 2 rings (SSSR count). The molecule has 60 valence electrons. The second kappa shape index (κ2) is 2.64. The van der Waals surface area contributed by atoms with E-state index in [2.05, 4.69) is 26.4 Å². The van der Waals surface area contributed by atoms with Crippen LogP contribution in [-0.2, 0) is 6.54 Å². The summed E-state index contributed by atoms with van der Waals surface area (Å²) in [7, 11) is 0. The van der Waals surface area contributed by atoms with E-state index < -0.39 is 0 Å². The van der Waals surface area contributed by atoms with Crippen LogP contribution in [0.4, 0.5) is 5.82 Å². The van der Waals surface area contributed by atoms with Gasteiger partial charge in [0.25, 0.3) is 0 Å². The summed E-state index contributed by atoms with van der Waals surface area (Å²) in [4.78, 5) is 7.92. The Morgan fingerprint density at radius 3 is 3.33 bits per heavy atom. The van der Waals surface area contributed by atoms with Crippen LogP contribution >= 0.6 is 0 Å². The summed E-state index contributed by atoms with van der Waals surface area (Å²) in [5, 5.41) is 3.75. The smallest absolute Gasteiger partial charge is 0.135 e. The second-order valence-corrected chi connectivity index (χ2v) is 2.34. The van der Waals surface area contributed by atoms with Crippen molar-refractivity contribution in [2.45, 2.75) is 6.54 Å². The third-order valence-corrected chi connectivity index (χ3v) is 1.60. The fourth-order valence-electron chi connectivity index (χ4n) is 1.00. The average molecular weight is 161 g/mol. The van der Waals surface area contributed by atoms with Crippen molar-refractivity contribution in [2.75, 3.05) is 5.73 Å². The van der Waals surface area contributed by atoms with Gasteiger partial charge in [0.2, 0.25) is 0 Å². The van der Waals surface area contributed by atoms with Gasteiger partial charge in [-0.05, 0) is 0 Å². The van der Waals surface area contributed by atoms with Crippen LogP contribution in [-0.4, -0.2) is 15.8 Å². The molecule has 1 aromatic heterocycles. The van der Waals surface area contributed by atoms with Gasteiger partial charge in [0.05, 0.1) is 12.2 Å². The van der Waals surface area contributed by atoms with E-state index in [-0.39, 0.29) is 0 Å². The predicted octanol–water partition coefficient (Wildman–Crippen LogP) is -0.240. The molecular formula is C7H7N5. The van der Waals surface area contributed by atoms with Crippen LogP contribution in [0.15, 0.2) is 11.4 Å². The highest BCUT2D eigenvalue weighted by atomic mass is 15.3. The first kappa shape index (κ1) is 6.82. The Morgan fingerprint density at radius 1 is 1.50 bits per heavy atom. The first-order chi connectivity index (χ1) is 5.88. The zero-order chi connectivity index (χ0) is 8.39. The molecule has 2 heterocycles. The number of hydrogen-bond acceptors (Lipinski definition) is 5. The number of anilines is 1. The molecule has 5 heteroatoms. The summed E-state index contributed by atoms with van der Waals surface area (Å²) in [5.74, 6) is 3.14. The van der Waals surface area contributed by atoms with E-state index in [1.54, 1.807) is 6.08 Å². The van der Waals surface area contributed by atoms with Gasteiger partial charge in [-0.25, -0.2) is 9.97 Å². The van der Waals surface area contributed by atoms with Crippen LogP contribution in [0.2, 0.25) is 0 Å². The van der Waals surface area contributed by atoms with Gasteiger partial charge in [0, 0.05) is 17.5 Å². The van der Waals surface area contributed by atoms with Gasteiger partial charge in [-0.2, -0.15) is 0 Å². The first-order valence-electron chi connectivity index (χ1n) is 3.48. The number of nitrogen functional groups attached to an aromatic ring is 1. The van der Waals surface area contributed by atoms with E-state index in [9.17, 15) is 0 Å². The number of nitrogens with zero attached hydrogens (tertiary/aromatic N) is 3. The number of fused-ring (bicyclic) bond motifs is 1. The largest absolute Gasteiger partial charge is 0.383 e. The normalized spacial score (nSPS) is 13.3. The Hall–Kier alpha value is -1.87. The molecule has 0 unspecified atom stereocenters. The maximum atomic E-state index is 5.62. The third kappa shape index (κ3) is 1.02. The van der Waals surface area contributed by atoms with Gasteiger partial charge in [-0.3, -0.25) is 5.43 Å². The summed E-state index contributed by atoms with van der Waals surface area (Å²) in [6, 6.07) is 0. The van der Waals surface area contributed by atoms with Crippen molar-refractivity contribution in [1.82, 2.24) is 15.4 Å².